The molecule has 128 valence electrons. The quantitative estimate of drug-likeness (QED) is 0.518. The highest BCUT2D eigenvalue weighted by Gasteiger charge is 2.30. The first-order valence-corrected chi connectivity index (χ1v) is 8.57. The summed E-state index contributed by atoms with van der Waals surface area (Å²) in [6.45, 7) is 2.07. The number of anilines is 1. The molecule has 0 saturated carbocycles. The molecule has 6 heteroatoms. The van der Waals surface area contributed by atoms with Gasteiger partial charge in [0.2, 0.25) is 5.91 Å². The lowest BCUT2D eigenvalue weighted by Crippen LogP contribution is -2.23. The molecular formula is C20H17N5O. The van der Waals surface area contributed by atoms with Gasteiger partial charge in [0.25, 0.3) is 0 Å². The second-order valence-electron chi connectivity index (χ2n) is 6.73. The summed E-state index contributed by atoms with van der Waals surface area (Å²) in [4.78, 5) is 12.4. The number of fused-ring (bicyclic) bond motifs is 3. The zero-order valence-corrected chi connectivity index (χ0v) is 14.2. The molecule has 5 rings (SSSR count). The van der Waals surface area contributed by atoms with Crippen molar-refractivity contribution in [3.63, 3.8) is 0 Å². The first-order valence-electron chi connectivity index (χ1n) is 8.57. The summed E-state index contributed by atoms with van der Waals surface area (Å²) in [6, 6.07) is 12.4. The zero-order chi connectivity index (χ0) is 17.7. The molecular weight excluding hydrogens is 326 g/mol. The molecule has 1 aliphatic heterocycles. The number of aromatic amines is 2. The van der Waals surface area contributed by atoms with Gasteiger partial charge >= 0.3 is 0 Å². The van der Waals surface area contributed by atoms with Crippen LogP contribution in [0.1, 0.15) is 29.0 Å². The maximum Gasteiger partial charge on any atom is 0.225 e. The number of amides is 1. The average Bonchev–Trinajstić information content (AvgIpc) is 3.31. The predicted octanol–water partition coefficient (Wildman–Crippen LogP) is 3.74. The van der Waals surface area contributed by atoms with E-state index in [2.05, 4.69) is 63.0 Å². The highest BCUT2D eigenvalue weighted by molar-refractivity contribution is 6.05. The van der Waals surface area contributed by atoms with Crippen molar-refractivity contribution in [2.24, 2.45) is 0 Å². The Morgan fingerprint density at radius 3 is 2.62 bits per heavy atom. The third-order valence-corrected chi connectivity index (χ3v) is 5.07. The largest absolute Gasteiger partial charge is 0.325 e. The molecule has 6 nitrogen and oxygen atoms in total. The van der Waals surface area contributed by atoms with Crippen LogP contribution in [0.4, 0.5) is 5.69 Å². The number of carbonyl (C=O) groups excluding carboxylic acids is 1. The van der Waals surface area contributed by atoms with Gasteiger partial charge in [-0.1, -0.05) is 35.9 Å². The minimum Gasteiger partial charge on any atom is -0.325 e. The Morgan fingerprint density at radius 1 is 0.962 bits per heavy atom. The molecule has 2 aromatic carbocycles. The van der Waals surface area contributed by atoms with Gasteiger partial charge in [0, 0.05) is 23.3 Å². The van der Waals surface area contributed by atoms with Crippen molar-refractivity contribution in [3.8, 4) is 11.3 Å². The summed E-state index contributed by atoms with van der Waals surface area (Å²) in [5.74, 6) is -0.0413. The molecule has 1 atom stereocenters. The smallest absolute Gasteiger partial charge is 0.225 e. The lowest BCUT2D eigenvalue weighted by atomic mass is 9.83. The van der Waals surface area contributed by atoms with Gasteiger partial charge in [0.1, 0.15) is 0 Å². The SMILES string of the molecule is Cc1ccc(-c2[nH]ncc2C2CC(=O)Nc3c2ccc2[nH]ncc32)cc1. The van der Waals surface area contributed by atoms with Crippen molar-refractivity contribution in [2.75, 3.05) is 5.32 Å². The number of carbonyl (C=O) groups is 1. The molecule has 1 amide bonds. The topological polar surface area (TPSA) is 86.5 Å². The summed E-state index contributed by atoms with van der Waals surface area (Å²) < 4.78 is 0. The number of nitrogens with zero attached hydrogens (tertiary/aromatic N) is 2. The van der Waals surface area contributed by atoms with Gasteiger partial charge in [-0.2, -0.15) is 10.2 Å². The molecule has 4 aromatic rings. The van der Waals surface area contributed by atoms with Crippen LogP contribution < -0.4 is 5.32 Å². The number of aromatic nitrogens is 4. The summed E-state index contributed by atoms with van der Waals surface area (Å²) >= 11 is 0. The van der Waals surface area contributed by atoms with Crippen LogP contribution >= 0.6 is 0 Å². The van der Waals surface area contributed by atoms with Gasteiger partial charge in [-0.25, -0.2) is 0 Å². The van der Waals surface area contributed by atoms with Gasteiger partial charge in [0.05, 0.1) is 29.3 Å². The van der Waals surface area contributed by atoms with E-state index < -0.39 is 0 Å². The molecule has 26 heavy (non-hydrogen) atoms. The van der Waals surface area contributed by atoms with Gasteiger partial charge < -0.3 is 5.32 Å². The van der Waals surface area contributed by atoms with E-state index in [4.69, 9.17) is 0 Å². The molecule has 3 N–H and O–H groups in total. The van der Waals surface area contributed by atoms with Gasteiger partial charge in [0.15, 0.2) is 0 Å². The van der Waals surface area contributed by atoms with Crippen molar-refractivity contribution >= 4 is 22.5 Å². The number of aryl methyl sites for hydroxylation is 1. The fourth-order valence-electron chi connectivity index (χ4n) is 3.74. The minimum atomic E-state index is -0.0481. The van der Waals surface area contributed by atoms with Crippen LogP contribution in [-0.4, -0.2) is 26.3 Å². The van der Waals surface area contributed by atoms with Crippen molar-refractivity contribution in [1.82, 2.24) is 20.4 Å². The van der Waals surface area contributed by atoms with Crippen LogP contribution in [0.25, 0.3) is 22.2 Å². The van der Waals surface area contributed by atoms with Crippen molar-refractivity contribution < 1.29 is 4.79 Å². The molecule has 2 aromatic heterocycles. The Morgan fingerprint density at radius 2 is 1.77 bits per heavy atom. The Bertz CT molecular complexity index is 1120. The predicted molar refractivity (Wildman–Crippen MR) is 99.9 cm³/mol. The highest BCUT2D eigenvalue weighted by Crippen LogP contribution is 2.42. The van der Waals surface area contributed by atoms with Crippen LogP contribution in [-0.2, 0) is 4.79 Å². The summed E-state index contributed by atoms with van der Waals surface area (Å²) in [5, 5.41) is 18.4. The van der Waals surface area contributed by atoms with E-state index >= 15 is 0 Å². The molecule has 1 unspecified atom stereocenters. The van der Waals surface area contributed by atoms with Crippen LogP contribution in [0.2, 0.25) is 0 Å². The highest BCUT2D eigenvalue weighted by atomic mass is 16.1. The molecule has 0 saturated heterocycles. The standard InChI is InChI=1S/C20H17N5O/c1-11-2-4-12(5-3-11)19-15(9-22-25-19)14-8-18(26)23-20-13(14)6-7-17-16(20)10-21-24-17/h2-7,9-10,14H,8H2,1H3,(H,21,24)(H,22,25)(H,23,26). The Kier molecular flexibility index (Phi) is 3.18. The van der Waals surface area contributed by atoms with Crippen LogP contribution in [0, 0.1) is 6.92 Å². The fourth-order valence-corrected chi connectivity index (χ4v) is 3.74. The third-order valence-electron chi connectivity index (χ3n) is 5.07. The number of hydrogen-bond acceptors (Lipinski definition) is 3. The lowest BCUT2D eigenvalue weighted by molar-refractivity contribution is -0.116. The van der Waals surface area contributed by atoms with Crippen molar-refractivity contribution in [2.45, 2.75) is 19.3 Å². The van der Waals surface area contributed by atoms with E-state index in [0.29, 0.717) is 6.42 Å². The summed E-state index contributed by atoms with van der Waals surface area (Å²) in [6.07, 6.45) is 3.99. The zero-order valence-electron chi connectivity index (χ0n) is 14.2. The number of rotatable bonds is 2. The molecule has 0 aliphatic carbocycles. The van der Waals surface area contributed by atoms with Crippen LogP contribution in [0.15, 0.2) is 48.8 Å². The maximum absolute atomic E-state index is 12.4. The third kappa shape index (κ3) is 2.23. The molecule has 3 heterocycles. The van der Waals surface area contributed by atoms with Crippen LogP contribution in [0.3, 0.4) is 0 Å². The maximum atomic E-state index is 12.4. The normalized spacial score (nSPS) is 16.5. The van der Waals surface area contributed by atoms with Crippen molar-refractivity contribution in [3.05, 3.63) is 65.5 Å². The first-order chi connectivity index (χ1) is 12.7. The first kappa shape index (κ1) is 14.9. The second-order valence-corrected chi connectivity index (χ2v) is 6.73. The molecule has 0 bridgehead atoms. The summed E-state index contributed by atoms with van der Waals surface area (Å²) in [7, 11) is 0. The van der Waals surface area contributed by atoms with E-state index in [1.165, 1.54) is 5.56 Å². The van der Waals surface area contributed by atoms with E-state index in [1.54, 1.807) is 6.20 Å². The molecule has 0 radical (unpaired) electrons. The number of benzene rings is 2. The Labute approximate surface area is 149 Å². The van der Waals surface area contributed by atoms with E-state index in [9.17, 15) is 4.79 Å². The lowest BCUT2D eigenvalue weighted by Gasteiger charge is -2.26. The van der Waals surface area contributed by atoms with E-state index in [-0.39, 0.29) is 11.8 Å². The van der Waals surface area contributed by atoms with Crippen LogP contribution in [0.5, 0.6) is 0 Å². The fraction of sp³-hybridized carbons (Fsp3) is 0.150. The van der Waals surface area contributed by atoms with E-state index in [1.807, 2.05) is 12.3 Å². The average molecular weight is 343 g/mol. The Hall–Kier alpha value is -3.41. The monoisotopic (exact) mass is 343 g/mol. The van der Waals surface area contributed by atoms with E-state index in [0.717, 1.165) is 39.0 Å². The molecule has 0 fully saturated rings. The minimum absolute atomic E-state index is 0.00672. The van der Waals surface area contributed by atoms with Gasteiger partial charge in [-0.15, -0.1) is 0 Å². The van der Waals surface area contributed by atoms with Gasteiger partial charge in [-0.3, -0.25) is 15.0 Å². The second kappa shape index (κ2) is 5.56. The Balaban J connectivity index is 1.68. The number of nitrogens with one attached hydrogen (secondary N) is 3. The number of hydrogen-bond donors (Lipinski definition) is 3. The van der Waals surface area contributed by atoms with Gasteiger partial charge in [-0.05, 0) is 24.1 Å². The van der Waals surface area contributed by atoms with Crippen molar-refractivity contribution in [1.29, 1.82) is 0 Å². The molecule has 1 aliphatic rings. The number of H-pyrrole nitrogens is 2. The molecule has 0 spiro atoms. The summed E-state index contributed by atoms with van der Waals surface area (Å²) in [5.41, 5.74) is 7.12.